The maximum Gasteiger partial charge on any atom is 0.211 e. The number of ether oxygens (including phenoxy) is 1. The van der Waals surface area contributed by atoms with Gasteiger partial charge >= 0.3 is 0 Å². The molecule has 0 aliphatic carbocycles. The van der Waals surface area contributed by atoms with Gasteiger partial charge in [0.05, 0.1) is 19.4 Å². The lowest BCUT2D eigenvalue weighted by Crippen LogP contribution is -2.34. The first-order valence-electron chi connectivity index (χ1n) is 9.42. The third-order valence-electron chi connectivity index (χ3n) is 5.84. The number of methoxy groups -OCH3 is 1. The number of hydrogen-bond acceptors (Lipinski definition) is 4. The molecule has 5 nitrogen and oxygen atoms in total. The molecule has 2 heterocycles. The van der Waals surface area contributed by atoms with Gasteiger partial charge in [0.1, 0.15) is 5.75 Å². The van der Waals surface area contributed by atoms with Crippen molar-refractivity contribution < 1.29 is 13.2 Å². The molecule has 0 N–H and O–H groups in total. The van der Waals surface area contributed by atoms with E-state index >= 15 is 0 Å². The van der Waals surface area contributed by atoms with Gasteiger partial charge in [-0.05, 0) is 41.2 Å². The molecule has 2 aromatic rings. The van der Waals surface area contributed by atoms with Gasteiger partial charge < -0.3 is 4.74 Å². The number of hydrogen-bond donors (Lipinski definition) is 0. The van der Waals surface area contributed by atoms with Crippen molar-refractivity contribution in [3.63, 3.8) is 0 Å². The first kappa shape index (κ1) is 19.7. The minimum Gasteiger partial charge on any atom is -0.497 e. The number of fused-ring (bicyclic) bond motifs is 1. The van der Waals surface area contributed by atoms with E-state index in [0.29, 0.717) is 23.4 Å². The third-order valence-corrected chi connectivity index (χ3v) is 7.28. The zero-order chi connectivity index (χ0) is 19.9. The molecule has 7 heteroatoms. The summed E-state index contributed by atoms with van der Waals surface area (Å²) < 4.78 is 31.8. The first-order valence-corrected chi connectivity index (χ1v) is 11.7. The quantitative estimate of drug-likeness (QED) is 0.743. The number of halogens is 1. The van der Waals surface area contributed by atoms with Gasteiger partial charge in [0.25, 0.3) is 0 Å². The van der Waals surface area contributed by atoms with Crippen molar-refractivity contribution in [2.24, 2.45) is 11.8 Å². The van der Waals surface area contributed by atoms with Crippen LogP contribution in [0.15, 0.2) is 48.5 Å². The average Bonchev–Trinajstić information content (AvgIpc) is 3.18. The van der Waals surface area contributed by atoms with Gasteiger partial charge in [0.2, 0.25) is 10.0 Å². The van der Waals surface area contributed by atoms with Crippen molar-refractivity contribution in [3.05, 3.63) is 64.7 Å². The average molecular weight is 421 g/mol. The molecule has 2 aliphatic heterocycles. The smallest absolute Gasteiger partial charge is 0.211 e. The molecule has 0 aromatic heterocycles. The molecule has 150 valence electrons. The van der Waals surface area contributed by atoms with E-state index in [9.17, 15) is 8.42 Å². The number of nitrogens with zero attached hydrogens (tertiary/aromatic N) is 2. The Morgan fingerprint density at radius 3 is 2.54 bits per heavy atom. The van der Waals surface area contributed by atoms with Gasteiger partial charge in [0, 0.05) is 31.2 Å². The highest BCUT2D eigenvalue weighted by molar-refractivity contribution is 7.88. The summed E-state index contributed by atoms with van der Waals surface area (Å²) in [6.07, 6.45) is 1.32. The van der Waals surface area contributed by atoms with Gasteiger partial charge in [-0.2, -0.15) is 4.31 Å². The van der Waals surface area contributed by atoms with Crippen molar-refractivity contribution in [2.45, 2.75) is 12.6 Å². The molecular weight excluding hydrogens is 396 g/mol. The normalized spacial score (nSPS) is 25.8. The molecule has 4 rings (SSSR count). The van der Waals surface area contributed by atoms with Crippen LogP contribution in [-0.2, 0) is 16.6 Å². The predicted molar refractivity (Wildman–Crippen MR) is 111 cm³/mol. The van der Waals surface area contributed by atoms with Crippen LogP contribution in [0.3, 0.4) is 0 Å². The van der Waals surface area contributed by atoms with Crippen LogP contribution >= 0.6 is 11.6 Å². The topological polar surface area (TPSA) is 49.9 Å². The summed E-state index contributed by atoms with van der Waals surface area (Å²) in [4.78, 5) is 2.40. The van der Waals surface area contributed by atoms with Crippen LogP contribution in [0, 0.1) is 11.8 Å². The van der Waals surface area contributed by atoms with Crippen LogP contribution in [-0.4, -0.2) is 50.6 Å². The molecule has 2 fully saturated rings. The van der Waals surface area contributed by atoms with E-state index in [4.69, 9.17) is 16.3 Å². The molecule has 0 spiro atoms. The highest BCUT2D eigenvalue weighted by atomic mass is 35.5. The lowest BCUT2D eigenvalue weighted by molar-refractivity contribution is 0.260. The van der Waals surface area contributed by atoms with Gasteiger partial charge in [-0.3, -0.25) is 4.90 Å². The molecular formula is C21H25ClN2O3S. The highest BCUT2D eigenvalue weighted by Gasteiger charge is 2.50. The first-order chi connectivity index (χ1) is 13.3. The Morgan fingerprint density at radius 2 is 1.86 bits per heavy atom. The second-order valence-electron chi connectivity index (χ2n) is 7.81. The molecule has 28 heavy (non-hydrogen) atoms. The number of likely N-dealkylation sites (tertiary alicyclic amines) is 1. The molecule has 0 saturated carbocycles. The Kier molecular flexibility index (Phi) is 5.40. The minimum atomic E-state index is -3.25. The van der Waals surface area contributed by atoms with E-state index in [2.05, 4.69) is 4.90 Å². The Morgan fingerprint density at radius 1 is 1.11 bits per heavy atom. The molecule has 2 saturated heterocycles. The van der Waals surface area contributed by atoms with Gasteiger partial charge in [-0.25, -0.2) is 8.42 Å². The zero-order valence-electron chi connectivity index (χ0n) is 16.1. The van der Waals surface area contributed by atoms with Crippen LogP contribution < -0.4 is 4.74 Å². The van der Waals surface area contributed by atoms with E-state index < -0.39 is 10.0 Å². The Balaban J connectivity index is 1.56. The maximum atomic E-state index is 12.4. The summed E-state index contributed by atoms with van der Waals surface area (Å²) in [6, 6.07) is 15.7. The van der Waals surface area contributed by atoms with Crippen molar-refractivity contribution >= 4 is 21.6 Å². The minimum absolute atomic E-state index is 0.0971. The van der Waals surface area contributed by atoms with Crippen molar-refractivity contribution in [1.29, 1.82) is 0 Å². The predicted octanol–water partition coefficient (Wildman–Crippen LogP) is 3.41. The standard InChI is InChI=1S/C21H25ClN2O3S/c1-27-19-9-15(8-18(22)10-19)11-23-12-17-13-24(28(2,25)26)21(20(17)14-23)16-6-4-3-5-7-16/h3-10,17,20-21H,11-14H2,1-2H3/t17-,20-,21+/m1/s1. The third kappa shape index (κ3) is 3.92. The summed E-state index contributed by atoms with van der Waals surface area (Å²) in [5, 5.41) is 0.666. The largest absolute Gasteiger partial charge is 0.497 e. The van der Waals surface area contributed by atoms with Crippen LogP contribution in [0.1, 0.15) is 17.2 Å². The Bertz CT molecular complexity index is 951. The Hall–Kier alpha value is -1.60. The molecule has 2 aliphatic rings. The maximum absolute atomic E-state index is 12.4. The summed E-state index contributed by atoms with van der Waals surface area (Å²) in [6.45, 7) is 3.11. The van der Waals surface area contributed by atoms with Crippen LogP contribution in [0.4, 0.5) is 0 Å². The molecule has 0 unspecified atom stereocenters. The van der Waals surface area contributed by atoms with Crippen molar-refractivity contribution in [2.75, 3.05) is 33.0 Å². The second kappa shape index (κ2) is 7.67. The second-order valence-corrected chi connectivity index (χ2v) is 10.2. The molecule has 0 radical (unpaired) electrons. The lowest BCUT2D eigenvalue weighted by Gasteiger charge is -2.28. The molecule has 0 bridgehead atoms. The SMILES string of the molecule is COc1cc(Cl)cc(CN2C[C@@H]3CN(S(C)(=O)=O)[C@@H](c4ccccc4)[C@@H]3C2)c1. The highest BCUT2D eigenvalue weighted by Crippen LogP contribution is 2.46. The van der Waals surface area contributed by atoms with E-state index in [1.807, 2.05) is 42.5 Å². The fourth-order valence-corrected chi connectivity index (χ4v) is 6.12. The number of rotatable bonds is 5. The summed E-state index contributed by atoms with van der Waals surface area (Å²) in [5.74, 6) is 1.38. The lowest BCUT2D eigenvalue weighted by atomic mass is 9.90. The zero-order valence-corrected chi connectivity index (χ0v) is 17.7. The summed E-state index contributed by atoms with van der Waals surface area (Å²) in [5.41, 5.74) is 2.19. The fourth-order valence-electron chi connectivity index (χ4n) is 4.72. The van der Waals surface area contributed by atoms with E-state index in [-0.39, 0.29) is 6.04 Å². The number of benzene rings is 2. The van der Waals surface area contributed by atoms with Gasteiger partial charge in [-0.15, -0.1) is 0 Å². The number of sulfonamides is 1. The molecule has 0 amide bonds. The van der Waals surface area contributed by atoms with E-state index in [1.165, 1.54) is 6.26 Å². The Labute approximate surface area is 171 Å². The van der Waals surface area contributed by atoms with Crippen molar-refractivity contribution in [1.82, 2.24) is 9.21 Å². The van der Waals surface area contributed by atoms with Crippen LogP contribution in [0.5, 0.6) is 5.75 Å². The van der Waals surface area contributed by atoms with Gasteiger partial charge in [-0.1, -0.05) is 41.9 Å². The van der Waals surface area contributed by atoms with E-state index in [0.717, 1.165) is 36.5 Å². The van der Waals surface area contributed by atoms with E-state index in [1.54, 1.807) is 17.5 Å². The summed E-state index contributed by atoms with van der Waals surface area (Å²) in [7, 11) is -1.61. The van der Waals surface area contributed by atoms with Crippen LogP contribution in [0.2, 0.25) is 5.02 Å². The molecule has 2 aromatic carbocycles. The monoisotopic (exact) mass is 420 g/mol. The molecule has 3 atom stereocenters. The fraction of sp³-hybridized carbons (Fsp3) is 0.429. The van der Waals surface area contributed by atoms with Crippen LogP contribution in [0.25, 0.3) is 0 Å². The summed E-state index contributed by atoms with van der Waals surface area (Å²) >= 11 is 6.21. The van der Waals surface area contributed by atoms with Gasteiger partial charge in [0.15, 0.2) is 0 Å². The van der Waals surface area contributed by atoms with Crippen molar-refractivity contribution in [3.8, 4) is 5.75 Å².